The van der Waals surface area contributed by atoms with Crippen molar-refractivity contribution in [3.05, 3.63) is 57.0 Å². The van der Waals surface area contributed by atoms with E-state index in [2.05, 4.69) is 38.1 Å². The van der Waals surface area contributed by atoms with E-state index in [9.17, 15) is 9.18 Å². The van der Waals surface area contributed by atoms with Crippen LogP contribution in [0.15, 0.2) is 36.4 Å². The van der Waals surface area contributed by atoms with Crippen molar-refractivity contribution in [2.45, 2.75) is 17.8 Å². The van der Waals surface area contributed by atoms with Crippen molar-refractivity contribution in [1.29, 1.82) is 0 Å². The molecule has 1 fully saturated rings. The number of aromatic nitrogens is 2. The maximum Gasteiger partial charge on any atom is 0.235 e. The maximum absolute atomic E-state index is 13.6. The first kappa shape index (κ1) is 13.5. The van der Waals surface area contributed by atoms with Gasteiger partial charge in [0.2, 0.25) is 5.91 Å². The third-order valence-electron chi connectivity index (χ3n) is 5.01. The monoisotopic (exact) mass is 419 g/mol. The number of hydrogen-bond acceptors (Lipinski definition) is 2. The average Bonchev–Trinajstić information content (AvgIpc) is 3.12. The van der Waals surface area contributed by atoms with E-state index >= 15 is 0 Å². The molecule has 0 radical (unpaired) electrons. The van der Waals surface area contributed by atoms with Crippen LogP contribution in [0, 0.1) is 9.52 Å². The highest BCUT2D eigenvalue weighted by Crippen LogP contribution is 2.65. The fraction of sp³-hybridized carbons (Fsp3) is 0.176. The molecule has 2 N–H and O–H groups in total. The van der Waals surface area contributed by atoms with Gasteiger partial charge in [-0.25, -0.2) is 4.39 Å². The molecule has 2 aromatic carbocycles. The Bertz CT molecular complexity index is 999. The van der Waals surface area contributed by atoms with Crippen LogP contribution < -0.4 is 5.32 Å². The summed E-state index contributed by atoms with van der Waals surface area (Å²) in [5.74, 6) is -0.258. The number of H-pyrrole nitrogens is 1. The Labute approximate surface area is 144 Å². The van der Waals surface area contributed by atoms with Crippen LogP contribution >= 0.6 is 22.6 Å². The van der Waals surface area contributed by atoms with E-state index in [1.807, 2.05) is 18.2 Å². The molecule has 1 aliphatic carbocycles. The molecule has 5 rings (SSSR count). The number of aromatic amines is 1. The Morgan fingerprint density at radius 2 is 2.13 bits per heavy atom. The van der Waals surface area contributed by atoms with E-state index in [0.717, 1.165) is 31.4 Å². The summed E-state index contributed by atoms with van der Waals surface area (Å²) in [6.45, 7) is 0. The third kappa shape index (κ3) is 1.69. The Morgan fingerprint density at radius 1 is 1.26 bits per heavy atom. The molecule has 23 heavy (non-hydrogen) atoms. The van der Waals surface area contributed by atoms with Crippen LogP contribution in [0.1, 0.15) is 23.5 Å². The summed E-state index contributed by atoms with van der Waals surface area (Å²) in [5.41, 5.74) is 2.87. The molecular formula is C17H11FIN3O. The number of anilines is 1. The van der Waals surface area contributed by atoms with Crippen LogP contribution in [0.5, 0.6) is 0 Å². The zero-order valence-electron chi connectivity index (χ0n) is 11.9. The number of benzene rings is 2. The Kier molecular flexibility index (Phi) is 2.53. The predicted molar refractivity (Wildman–Crippen MR) is 92.9 cm³/mol. The van der Waals surface area contributed by atoms with Crippen molar-refractivity contribution in [3.63, 3.8) is 0 Å². The van der Waals surface area contributed by atoms with Gasteiger partial charge in [0.05, 0.1) is 10.9 Å². The van der Waals surface area contributed by atoms with Crippen LogP contribution in [-0.4, -0.2) is 16.1 Å². The van der Waals surface area contributed by atoms with Crippen molar-refractivity contribution in [2.75, 3.05) is 5.32 Å². The number of fused-ring (bicyclic) bond motifs is 3. The Morgan fingerprint density at radius 3 is 3.00 bits per heavy atom. The number of nitrogens with zero attached hydrogens (tertiary/aromatic N) is 1. The molecule has 0 bridgehead atoms. The number of halogens is 2. The van der Waals surface area contributed by atoms with E-state index in [-0.39, 0.29) is 17.6 Å². The lowest BCUT2D eigenvalue weighted by Crippen LogP contribution is -2.21. The van der Waals surface area contributed by atoms with Gasteiger partial charge in [-0.1, -0.05) is 6.07 Å². The molecule has 114 valence electrons. The summed E-state index contributed by atoms with van der Waals surface area (Å²) in [6.07, 6.45) is 0.711. The van der Waals surface area contributed by atoms with E-state index in [1.54, 1.807) is 6.07 Å². The van der Waals surface area contributed by atoms with Crippen molar-refractivity contribution >= 4 is 45.1 Å². The van der Waals surface area contributed by atoms with E-state index in [4.69, 9.17) is 0 Å². The quantitative estimate of drug-likeness (QED) is 0.592. The fourth-order valence-electron chi connectivity index (χ4n) is 3.78. The number of carbonyl (C=O) groups excluding carboxylic acids is 1. The minimum absolute atomic E-state index is 0.0280. The van der Waals surface area contributed by atoms with Gasteiger partial charge in [-0.3, -0.25) is 9.89 Å². The van der Waals surface area contributed by atoms with Gasteiger partial charge in [0.1, 0.15) is 9.52 Å². The lowest BCUT2D eigenvalue weighted by Gasteiger charge is -2.09. The molecule has 4 nitrogen and oxygen atoms in total. The number of nitrogens with one attached hydrogen (secondary N) is 2. The highest BCUT2D eigenvalue weighted by atomic mass is 127. The molecule has 1 aliphatic heterocycles. The largest absolute Gasteiger partial charge is 0.325 e. The third-order valence-corrected chi connectivity index (χ3v) is 5.83. The second-order valence-electron chi connectivity index (χ2n) is 6.19. The van der Waals surface area contributed by atoms with Gasteiger partial charge in [0, 0.05) is 17.0 Å². The molecule has 3 aromatic rings. The van der Waals surface area contributed by atoms with Gasteiger partial charge >= 0.3 is 0 Å². The van der Waals surface area contributed by atoms with Crippen molar-refractivity contribution < 1.29 is 9.18 Å². The minimum atomic E-state index is -0.616. The zero-order chi connectivity index (χ0) is 15.8. The van der Waals surface area contributed by atoms with Gasteiger partial charge in [0.25, 0.3) is 0 Å². The second-order valence-corrected chi connectivity index (χ2v) is 7.27. The number of rotatable bonds is 1. The summed E-state index contributed by atoms with van der Waals surface area (Å²) >= 11 is 2.21. The molecule has 6 heteroatoms. The van der Waals surface area contributed by atoms with Gasteiger partial charge in [-0.2, -0.15) is 5.10 Å². The normalized spacial score (nSPS) is 25.0. The van der Waals surface area contributed by atoms with Crippen molar-refractivity contribution in [1.82, 2.24) is 10.2 Å². The topological polar surface area (TPSA) is 57.8 Å². The Hall–Kier alpha value is -1.96. The first-order valence-electron chi connectivity index (χ1n) is 7.34. The number of amides is 1. The van der Waals surface area contributed by atoms with E-state index < -0.39 is 5.41 Å². The summed E-state index contributed by atoms with van der Waals surface area (Å²) in [4.78, 5) is 12.5. The number of carbonyl (C=O) groups is 1. The molecule has 2 unspecified atom stereocenters. The van der Waals surface area contributed by atoms with Crippen molar-refractivity contribution in [3.8, 4) is 0 Å². The molecule has 0 saturated heterocycles. The average molecular weight is 419 g/mol. The predicted octanol–water partition coefficient (Wildman–Crippen LogP) is 3.68. The zero-order valence-corrected chi connectivity index (χ0v) is 14.0. The van der Waals surface area contributed by atoms with E-state index in [0.29, 0.717) is 6.42 Å². The lowest BCUT2D eigenvalue weighted by molar-refractivity contribution is -0.118. The molecular weight excluding hydrogens is 408 g/mol. The first-order chi connectivity index (χ1) is 11.1. The summed E-state index contributed by atoms with van der Waals surface area (Å²) in [5, 5.41) is 11.2. The van der Waals surface area contributed by atoms with Crippen LogP contribution in [0.2, 0.25) is 0 Å². The summed E-state index contributed by atoms with van der Waals surface area (Å²) in [6, 6.07) is 10.6. The van der Waals surface area contributed by atoms with Crippen LogP contribution in [0.3, 0.4) is 0 Å². The lowest BCUT2D eigenvalue weighted by atomic mass is 9.92. The summed E-state index contributed by atoms with van der Waals surface area (Å²) < 4.78 is 14.6. The highest BCUT2D eigenvalue weighted by Gasteiger charge is 2.65. The molecule has 2 atom stereocenters. The van der Waals surface area contributed by atoms with Crippen LogP contribution in [0.4, 0.5) is 10.1 Å². The minimum Gasteiger partial charge on any atom is -0.325 e. The first-order valence-corrected chi connectivity index (χ1v) is 8.42. The van der Waals surface area contributed by atoms with Crippen LogP contribution in [0.25, 0.3) is 10.9 Å². The molecule has 1 saturated carbocycles. The van der Waals surface area contributed by atoms with E-state index in [1.165, 1.54) is 12.1 Å². The van der Waals surface area contributed by atoms with Gasteiger partial charge in [-0.15, -0.1) is 0 Å². The smallest absolute Gasteiger partial charge is 0.235 e. The molecule has 1 amide bonds. The van der Waals surface area contributed by atoms with Crippen molar-refractivity contribution in [2.24, 2.45) is 0 Å². The molecule has 1 spiro atoms. The molecule has 1 aromatic heterocycles. The number of hydrogen-bond donors (Lipinski definition) is 2. The standard InChI is InChI=1S/C17H11FIN3O/c18-9-2-4-13-11(6-9)17(16(23)20-13)7-12(17)8-1-3-10-14(5-8)21-22-15(10)19/h1-6,12H,7H2,(H,20,23)(H,21,22). The van der Waals surface area contributed by atoms with Gasteiger partial charge < -0.3 is 5.32 Å². The van der Waals surface area contributed by atoms with Gasteiger partial charge in [0.15, 0.2) is 0 Å². The molecule has 2 aliphatic rings. The highest BCUT2D eigenvalue weighted by molar-refractivity contribution is 14.1. The van der Waals surface area contributed by atoms with Crippen LogP contribution in [-0.2, 0) is 10.2 Å². The Balaban J connectivity index is 1.62. The fourth-order valence-corrected chi connectivity index (χ4v) is 4.35. The second kappa shape index (κ2) is 4.31. The SMILES string of the molecule is O=C1Nc2ccc(F)cc2C12CC2c1ccc2c(I)[nH]nc2c1. The molecule has 2 heterocycles. The summed E-state index contributed by atoms with van der Waals surface area (Å²) in [7, 11) is 0. The van der Waals surface area contributed by atoms with Gasteiger partial charge in [-0.05, 0) is 70.5 Å². The maximum atomic E-state index is 13.6.